The lowest BCUT2D eigenvalue weighted by Crippen LogP contribution is -2.66. The Labute approximate surface area is 91.1 Å². The lowest BCUT2D eigenvalue weighted by atomic mass is 9.97. The van der Waals surface area contributed by atoms with Gasteiger partial charge >= 0.3 is 0 Å². The van der Waals surface area contributed by atoms with Crippen molar-refractivity contribution in [3.05, 3.63) is 0 Å². The van der Waals surface area contributed by atoms with E-state index in [1.807, 2.05) is 0 Å². The molecule has 1 amide bonds. The molecule has 0 aromatic rings. The highest BCUT2D eigenvalue weighted by Crippen LogP contribution is 2.12. The van der Waals surface area contributed by atoms with Gasteiger partial charge < -0.3 is 30.8 Å². The van der Waals surface area contributed by atoms with Crippen molar-refractivity contribution >= 4 is 11.7 Å². The Bertz CT molecular complexity index is 269. The highest BCUT2D eigenvalue weighted by atomic mass is 16.4. The van der Waals surface area contributed by atoms with Gasteiger partial charge in [-0.25, -0.2) is 0 Å². The summed E-state index contributed by atoms with van der Waals surface area (Å²) in [7, 11) is 0. The minimum Gasteiger partial charge on any atom is -0.394 e. The summed E-state index contributed by atoms with van der Waals surface area (Å²) in [6.45, 7) is -1.11. The van der Waals surface area contributed by atoms with Gasteiger partial charge in [0.15, 0.2) is 0 Å². The van der Waals surface area contributed by atoms with E-state index in [0.29, 0.717) is 0 Å². The summed E-state index contributed by atoms with van der Waals surface area (Å²) in [5.74, 6) is -2.16. The van der Waals surface area contributed by atoms with Crippen molar-refractivity contribution in [3.63, 3.8) is 0 Å². The predicted molar refractivity (Wildman–Crippen MR) is 50.0 cm³/mol. The second-order valence-electron chi connectivity index (χ2n) is 3.22. The molecular weight excluding hydrogens is 222 g/mol. The molecule has 16 heavy (non-hydrogen) atoms. The van der Waals surface area contributed by atoms with Crippen LogP contribution in [0.25, 0.3) is 0 Å². The molecule has 3 atom stereocenters. The van der Waals surface area contributed by atoms with Crippen LogP contribution in [0.15, 0.2) is 0 Å². The number of Topliss-reactive ketones (excluding diaryl/α,β-unsaturated/α-hetero) is 1. The quantitative estimate of drug-likeness (QED) is 0.259. The van der Waals surface area contributed by atoms with Crippen LogP contribution in [-0.2, 0) is 9.59 Å². The molecule has 0 aliphatic rings. The minimum atomic E-state index is -2.83. The molecule has 0 saturated carbocycles. The van der Waals surface area contributed by atoms with E-state index in [0.717, 1.165) is 6.92 Å². The molecule has 0 unspecified atom stereocenters. The van der Waals surface area contributed by atoms with Crippen molar-refractivity contribution in [2.45, 2.75) is 24.9 Å². The highest BCUT2D eigenvalue weighted by molar-refractivity contribution is 5.92. The van der Waals surface area contributed by atoms with Crippen LogP contribution in [0.2, 0.25) is 0 Å². The van der Waals surface area contributed by atoms with Crippen molar-refractivity contribution in [3.8, 4) is 0 Å². The number of ketones is 1. The molecule has 6 N–H and O–H groups in total. The molecule has 0 spiro atoms. The number of amides is 1. The Balaban J connectivity index is 5.05. The predicted octanol–water partition coefficient (Wildman–Crippen LogP) is -3.91. The molecule has 8 heteroatoms. The van der Waals surface area contributed by atoms with Gasteiger partial charge in [0.05, 0.1) is 6.61 Å². The van der Waals surface area contributed by atoms with E-state index in [1.54, 1.807) is 5.32 Å². The normalized spacial score (nSPS) is 18.4. The molecular formula is C8H15NO7. The lowest BCUT2D eigenvalue weighted by molar-refractivity contribution is -0.178. The lowest BCUT2D eigenvalue weighted by Gasteiger charge is -2.33. The highest BCUT2D eigenvalue weighted by Gasteiger charge is 2.46. The monoisotopic (exact) mass is 237 g/mol. The summed E-state index contributed by atoms with van der Waals surface area (Å²) in [4.78, 5) is 21.9. The molecule has 0 aromatic carbocycles. The molecule has 0 saturated heterocycles. The molecule has 0 rings (SSSR count). The second-order valence-corrected chi connectivity index (χ2v) is 3.22. The summed E-state index contributed by atoms with van der Waals surface area (Å²) in [6.07, 6.45) is -3.99. The van der Waals surface area contributed by atoms with Gasteiger partial charge in [0, 0.05) is 6.92 Å². The maximum absolute atomic E-state index is 11.2. The molecule has 94 valence electrons. The molecule has 0 radical (unpaired) electrons. The van der Waals surface area contributed by atoms with Crippen LogP contribution in [0, 0.1) is 0 Å². The van der Waals surface area contributed by atoms with Gasteiger partial charge in [-0.15, -0.1) is 0 Å². The van der Waals surface area contributed by atoms with Crippen LogP contribution < -0.4 is 5.32 Å². The van der Waals surface area contributed by atoms with Crippen LogP contribution in [0.1, 0.15) is 6.92 Å². The topological polar surface area (TPSA) is 147 Å². The maximum atomic E-state index is 11.2. The van der Waals surface area contributed by atoms with Crippen molar-refractivity contribution < 1.29 is 35.1 Å². The fraction of sp³-hybridized carbons (Fsp3) is 0.750. The van der Waals surface area contributed by atoms with E-state index in [1.165, 1.54) is 0 Å². The third kappa shape index (κ3) is 3.22. The Kier molecular flexibility index (Phi) is 5.48. The number of rotatable bonds is 6. The van der Waals surface area contributed by atoms with E-state index in [-0.39, 0.29) is 0 Å². The number of hydrogen-bond donors (Lipinski definition) is 6. The zero-order valence-corrected chi connectivity index (χ0v) is 8.62. The van der Waals surface area contributed by atoms with Gasteiger partial charge in [0.1, 0.15) is 18.8 Å². The molecule has 0 fully saturated rings. The number of nitrogens with one attached hydrogen (secondary N) is 1. The first-order valence-electron chi connectivity index (χ1n) is 4.41. The number of carbonyl (C=O) groups is 2. The fourth-order valence-corrected chi connectivity index (χ4v) is 1.08. The average Bonchev–Trinajstić information content (AvgIpc) is 2.24. The average molecular weight is 237 g/mol. The van der Waals surface area contributed by atoms with Gasteiger partial charge in [-0.2, -0.15) is 0 Å². The van der Waals surface area contributed by atoms with Crippen molar-refractivity contribution in [1.82, 2.24) is 5.32 Å². The van der Waals surface area contributed by atoms with Crippen molar-refractivity contribution in [2.24, 2.45) is 0 Å². The van der Waals surface area contributed by atoms with Gasteiger partial charge in [-0.05, 0) is 0 Å². The number of carbonyl (C=O) groups excluding carboxylic acids is 2. The number of aliphatic hydroxyl groups is 5. The Morgan fingerprint density at radius 3 is 2.12 bits per heavy atom. The maximum Gasteiger partial charge on any atom is 0.229 e. The number of hydrogen-bond acceptors (Lipinski definition) is 7. The third-order valence-electron chi connectivity index (χ3n) is 1.91. The van der Waals surface area contributed by atoms with Gasteiger partial charge in [0.25, 0.3) is 0 Å². The zero-order chi connectivity index (χ0) is 12.9. The van der Waals surface area contributed by atoms with Crippen LogP contribution in [0.3, 0.4) is 0 Å². The third-order valence-corrected chi connectivity index (χ3v) is 1.91. The minimum absolute atomic E-state index is 0.853. The van der Waals surface area contributed by atoms with Gasteiger partial charge in [0.2, 0.25) is 17.4 Å². The van der Waals surface area contributed by atoms with E-state index in [2.05, 4.69) is 0 Å². The molecule has 0 heterocycles. The number of aliphatic hydroxyl groups excluding tert-OH is 4. The van der Waals surface area contributed by atoms with Gasteiger partial charge in [-0.3, -0.25) is 9.59 Å². The van der Waals surface area contributed by atoms with Crippen LogP contribution >= 0.6 is 0 Å². The van der Waals surface area contributed by atoms with Crippen LogP contribution in [0.5, 0.6) is 0 Å². The molecule has 0 bridgehead atoms. The summed E-state index contributed by atoms with van der Waals surface area (Å²) in [5, 5.41) is 46.9. The van der Waals surface area contributed by atoms with Crippen LogP contribution in [0.4, 0.5) is 0 Å². The van der Waals surface area contributed by atoms with Crippen molar-refractivity contribution in [1.29, 1.82) is 0 Å². The Morgan fingerprint density at radius 2 is 1.81 bits per heavy atom. The van der Waals surface area contributed by atoms with E-state index in [4.69, 9.17) is 15.3 Å². The zero-order valence-electron chi connectivity index (χ0n) is 8.62. The first kappa shape index (κ1) is 14.9. The second kappa shape index (κ2) is 5.87. The van der Waals surface area contributed by atoms with E-state index < -0.39 is 42.8 Å². The SMILES string of the molecule is CC(=O)N[C@@](O)(C(=O)CO)[C@H](O)[C@H](O)CO. The van der Waals surface area contributed by atoms with E-state index >= 15 is 0 Å². The first-order valence-corrected chi connectivity index (χ1v) is 4.41. The molecule has 0 aliphatic carbocycles. The first-order chi connectivity index (χ1) is 7.29. The van der Waals surface area contributed by atoms with Crippen LogP contribution in [-0.4, -0.2) is 68.4 Å². The fourth-order valence-electron chi connectivity index (χ4n) is 1.08. The molecule has 8 nitrogen and oxygen atoms in total. The summed E-state index contributed by atoms with van der Waals surface area (Å²) in [6, 6.07) is 0. The summed E-state index contributed by atoms with van der Waals surface area (Å²) in [5.41, 5.74) is -2.83. The van der Waals surface area contributed by atoms with E-state index in [9.17, 15) is 19.8 Å². The molecule has 0 aliphatic heterocycles. The molecule has 0 aromatic heterocycles. The summed E-state index contributed by atoms with van der Waals surface area (Å²) >= 11 is 0. The Hall–Kier alpha value is -1.06. The Morgan fingerprint density at radius 1 is 1.31 bits per heavy atom. The van der Waals surface area contributed by atoms with Gasteiger partial charge in [-0.1, -0.05) is 0 Å². The standard InChI is InChI=1S/C8H15NO7/c1-4(12)9-8(16,6(14)3-11)7(15)5(13)2-10/h5,7,10-11,13,15-16H,2-3H2,1H3,(H,9,12)/t5-,7-,8-/m1/s1. The largest absolute Gasteiger partial charge is 0.394 e. The van der Waals surface area contributed by atoms with Crippen molar-refractivity contribution in [2.75, 3.05) is 13.2 Å². The smallest absolute Gasteiger partial charge is 0.229 e. The summed E-state index contributed by atoms with van der Waals surface area (Å²) < 4.78 is 0.